The van der Waals surface area contributed by atoms with E-state index in [-0.39, 0.29) is 23.0 Å². The molecule has 0 aliphatic rings. The standard InChI is InChI=1S/C29H34FN3O6S/c1-5-27(29(35)31-6-2)32(19-21-7-13-24(38-3)14-8-21)28(34)20-33(23-11-9-22(30)10-12-23)40(36,37)26-17-15-25(39-4)16-18-26/h7-18,27H,5-6,19-20H2,1-4H3,(H,31,35)/t27-/m0/s1. The predicted octanol–water partition coefficient (Wildman–Crippen LogP) is 3.98. The largest absolute Gasteiger partial charge is 0.497 e. The number of ether oxygens (including phenoxy) is 2. The lowest BCUT2D eigenvalue weighted by atomic mass is 10.1. The van der Waals surface area contributed by atoms with Gasteiger partial charge in [-0.3, -0.25) is 13.9 Å². The van der Waals surface area contributed by atoms with Gasteiger partial charge in [-0.2, -0.15) is 0 Å². The van der Waals surface area contributed by atoms with Crippen molar-refractivity contribution < 1.29 is 31.9 Å². The maximum atomic E-state index is 13.9. The maximum Gasteiger partial charge on any atom is 0.264 e. The van der Waals surface area contributed by atoms with Crippen LogP contribution in [0.1, 0.15) is 25.8 Å². The van der Waals surface area contributed by atoms with Gasteiger partial charge in [0.1, 0.15) is 29.9 Å². The summed E-state index contributed by atoms with van der Waals surface area (Å²) in [6.07, 6.45) is 0.301. The van der Waals surface area contributed by atoms with Crippen molar-refractivity contribution in [3.63, 3.8) is 0 Å². The Bertz CT molecular complexity index is 1380. The number of carbonyl (C=O) groups is 2. The summed E-state index contributed by atoms with van der Waals surface area (Å²) in [5, 5.41) is 2.76. The van der Waals surface area contributed by atoms with Gasteiger partial charge in [0.05, 0.1) is 24.8 Å². The van der Waals surface area contributed by atoms with E-state index in [1.165, 1.54) is 48.4 Å². The lowest BCUT2D eigenvalue weighted by Gasteiger charge is -2.33. The molecule has 0 saturated heterocycles. The number of nitrogens with zero attached hydrogens (tertiary/aromatic N) is 2. The van der Waals surface area contributed by atoms with Crippen molar-refractivity contribution in [2.45, 2.75) is 37.8 Å². The number of rotatable bonds is 13. The molecule has 0 spiro atoms. The summed E-state index contributed by atoms with van der Waals surface area (Å²) in [5.41, 5.74) is 0.823. The molecule has 0 aliphatic heterocycles. The lowest BCUT2D eigenvalue weighted by Crippen LogP contribution is -2.52. The van der Waals surface area contributed by atoms with Crippen LogP contribution in [0.25, 0.3) is 0 Å². The van der Waals surface area contributed by atoms with E-state index in [9.17, 15) is 22.4 Å². The molecule has 0 saturated carbocycles. The number of methoxy groups -OCH3 is 2. The quantitative estimate of drug-likeness (QED) is 0.333. The number of amides is 2. The summed E-state index contributed by atoms with van der Waals surface area (Å²) in [4.78, 5) is 28.2. The number of halogens is 1. The van der Waals surface area contributed by atoms with Crippen molar-refractivity contribution in [2.75, 3.05) is 31.6 Å². The number of benzene rings is 3. The van der Waals surface area contributed by atoms with Crippen LogP contribution in [-0.2, 0) is 26.2 Å². The third-order valence-electron chi connectivity index (χ3n) is 6.29. The van der Waals surface area contributed by atoms with Crippen LogP contribution >= 0.6 is 0 Å². The Labute approximate surface area is 234 Å². The fraction of sp³-hybridized carbons (Fsp3) is 0.310. The van der Waals surface area contributed by atoms with E-state index >= 15 is 0 Å². The minimum atomic E-state index is -4.27. The number of likely N-dealkylation sites (N-methyl/N-ethyl adjacent to an activating group) is 1. The zero-order valence-corrected chi connectivity index (χ0v) is 23.8. The first kappa shape index (κ1) is 30.4. The Balaban J connectivity index is 2.04. The van der Waals surface area contributed by atoms with E-state index in [0.717, 1.165) is 22.0 Å². The molecule has 1 atom stereocenters. The van der Waals surface area contributed by atoms with E-state index in [4.69, 9.17) is 9.47 Å². The molecule has 2 amide bonds. The van der Waals surface area contributed by atoms with Gasteiger partial charge >= 0.3 is 0 Å². The minimum absolute atomic E-state index is 0.0539. The highest BCUT2D eigenvalue weighted by atomic mass is 32.2. The monoisotopic (exact) mass is 571 g/mol. The normalized spacial score (nSPS) is 11.8. The molecule has 0 aliphatic carbocycles. The first-order chi connectivity index (χ1) is 19.1. The number of hydrogen-bond donors (Lipinski definition) is 1. The molecule has 0 unspecified atom stereocenters. The zero-order chi connectivity index (χ0) is 29.3. The van der Waals surface area contributed by atoms with Crippen LogP contribution in [0, 0.1) is 5.82 Å². The summed E-state index contributed by atoms with van der Waals surface area (Å²) in [7, 11) is -1.27. The molecule has 0 aromatic heterocycles. The Morgan fingerprint density at radius 1 is 0.875 bits per heavy atom. The lowest BCUT2D eigenvalue weighted by molar-refractivity contribution is -0.140. The molecule has 3 aromatic carbocycles. The van der Waals surface area contributed by atoms with Gasteiger partial charge in [0.15, 0.2) is 0 Å². The van der Waals surface area contributed by atoms with Gasteiger partial charge in [0, 0.05) is 13.1 Å². The number of anilines is 1. The third kappa shape index (κ3) is 7.29. The van der Waals surface area contributed by atoms with E-state index < -0.39 is 34.3 Å². The molecule has 0 radical (unpaired) electrons. The summed E-state index contributed by atoms with van der Waals surface area (Å²) in [6, 6.07) is 16.7. The second-order valence-corrected chi connectivity index (χ2v) is 10.7. The van der Waals surface area contributed by atoms with Crippen molar-refractivity contribution in [3.8, 4) is 11.5 Å². The molecule has 11 heteroatoms. The zero-order valence-electron chi connectivity index (χ0n) is 23.0. The topological polar surface area (TPSA) is 105 Å². The SMILES string of the molecule is CCNC(=O)[C@H](CC)N(Cc1ccc(OC)cc1)C(=O)CN(c1ccc(F)cc1)S(=O)(=O)c1ccc(OC)cc1. The molecule has 40 heavy (non-hydrogen) atoms. The molecule has 3 rings (SSSR count). The second-order valence-electron chi connectivity index (χ2n) is 8.85. The Morgan fingerprint density at radius 2 is 1.43 bits per heavy atom. The van der Waals surface area contributed by atoms with Crippen LogP contribution in [0.5, 0.6) is 11.5 Å². The number of nitrogens with one attached hydrogen (secondary N) is 1. The van der Waals surface area contributed by atoms with Gasteiger partial charge < -0.3 is 19.7 Å². The number of sulfonamides is 1. The van der Waals surface area contributed by atoms with Crippen molar-refractivity contribution in [2.24, 2.45) is 0 Å². The molecular weight excluding hydrogens is 537 g/mol. The van der Waals surface area contributed by atoms with Crippen LogP contribution in [0.2, 0.25) is 0 Å². The van der Waals surface area contributed by atoms with Crippen LogP contribution < -0.4 is 19.1 Å². The summed E-state index contributed by atoms with van der Waals surface area (Å²) < 4.78 is 52.6. The Morgan fingerprint density at radius 3 is 1.93 bits per heavy atom. The first-order valence-corrected chi connectivity index (χ1v) is 14.2. The molecule has 3 aromatic rings. The molecule has 0 heterocycles. The fourth-order valence-corrected chi connectivity index (χ4v) is 5.56. The van der Waals surface area contributed by atoms with Gasteiger partial charge in [0.25, 0.3) is 10.0 Å². The maximum absolute atomic E-state index is 13.9. The van der Waals surface area contributed by atoms with Crippen LogP contribution in [0.3, 0.4) is 0 Å². The van der Waals surface area contributed by atoms with Crippen molar-refractivity contribution in [3.05, 3.63) is 84.2 Å². The first-order valence-electron chi connectivity index (χ1n) is 12.8. The van der Waals surface area contributed by atoms with Crippen LogP contribution in [-0.4, -0.2) is 58.5 Å². The second kappa shape index (κ2) is 13.8. The average molecular weight is 572 g/mol. The third-order valence-corrected chi connectivity index (χ3v) is 8.08. The molecular formula is C29H34FN3O6S. The summed E-state index contributed by atoms with van der Waals surface area (Å²) >= 11 is 0. The Kier molecular flexibility index (Phi) is 10.5. The molecule has 9 nitrogen and oxygen atoms in total. The predicted molar refractivity (Wildman–Crippen MR) is 150 cm³/mol. The van der Waals surface area contributed by atoms with Crippen LogP contribution in [0.15, 0.2) is 77.7 Å². The average Bonchev–Trinajstić information content (AvgIpc) is 2.96. The highest BCUT2D eigenvalue weighted by Crippen LogP contribution is 2.26. The van der Waals surface area contributed by atoms with Crippen molar-refractivity contribution in [1.82, 2.24) is 10.2 Å². The van der Waals surface area contributed by atoms with Gasteiger partial charge in [-0.05, 0) is 79.6 Å². The number of hydrogen-bond acceptors (Lipinski definition) is 6. The van der Waals surface area contributed by atoms with Crippen LogP contribution in [0.4, 0.5) is 10.1 Å². The van der Waals surface area contributed by atoms with Gasteiger partial charge in [0.2, 0.25) is 11.8 Å². The molecule has 0 bridgehead atoms. The highest BCUT2D eigenvalue weighted by molar-refractivity contribution is 7.92. The number of carbonyl (C=O) groups excluding carboxylic acids is 2. The van der Waals surface area contributed by atoms with Crippen molar-refractivity contribution >= 4 is 27.5 Å². The molecule has 214 valence electrons. The van der Waals surface area contributed by atoms with Crippen molar-refractivity contribution in [1.29, 1.82) is 0 Å². The Hall–Kier alpha value is -4.12. The molecule has 1 N–H and O–H groups in total. The fourth-order valence-electron chi connectivity index (χ4n) is 4.15. The summed E-state index contributed by atoms with van der Waals surface area (Å²) in [6.45, 7) is 3.36. The van der Waals surface area contributed by atoms with Gasteiger partial charge in [-0.15, -0.1) is 0 Å². The highest BCUT2D eigenvalue weighted by Gasteiger charge is 2.33. The summed E-state index contributed by atoms with van der Waals surface area (Å²) in [5.74, 6) is -0.416. The molecule has 0 fully saturated rings. The van der Waals surface area contributed by atoms with E-state index in [1.54, 1.807) is 45.2 Å². The van der Waals surface area contributed by atoms with E-state index in [1.807, 2.05) is 0 Å². The smallest absolute Gasteiger partial charge is 0.264 e. The minimum Gasteiger partial charge on any atom is -0.497 e. The van der Waals surface area contributed by atoms with E-state index in [0.29, 0.717) is 24.5 Å². The van der Waals surface area contributed by atoms with E-state index in [2.05, 4.69) is 5.32 Å². The van der Waals surface area contributed by atoms with Gasteiger partial charge in [-0.1, -0.05) is 19.1 Å². The van der Waals surface area contributed by atoms with Gasteiger partial charge in [-0.25, -0.2) is 12.8 Å².